The van der Waals surface area contributed by atoms with E-state index in [0.717, 1.165) is 44.9 Å². The molecule has 0 radical (unpaired) electrons. The average Bonchev–Trinajstić information content (AvgIpc) is 3.35. The van der Waals surface area contributed by atoms with Gasteiger partial charge in [-0.15, -0.1) is 0 Å². The topological polar surface area (TPSA) is 169 Å². The van der Waals surface area contributed by atoms with Gasteiger partial charge < -0.3 is 45.4 Å². The lowest BCUT2D eigenvalue weighted by Crippen LogP contribution is -2.60. The molecular weight excluding hydrogens is 867 g/mol. The highest BCUT2D eigenvalue weighted by Gasteiger charge is 2.44. The molecule has 0 aromatic carbocycles. The van der Waals surface area contributed by atoms with Crippen LogP contribution in [0.1, 0.15) is 284 Å². The van der Waals surface area contributed by atoms with E-state index in [4.69, 9.17) is 9.47 Å². The lowest BCUT2D eigenvalue weighted by molar-refractivity contribution is -0.302. The summed E-state index contributed by atoms with van der Waals surface area (Å²) in [5.74, 6) is -0.613. The number of carbonyl (C=O) groups excluding carboxylic acids is 1. The molecule has 0 saturated carbocycles. The fourth-order valence-electron chi connectivity index (χ4n) is 9.57. The average molecular weight is 981 g/mol. The van der Waals surface area contributed by atoms with Gasteiger partial charge in [0, 0.05) is 0 Å². The normalized spacial score (nSPS) is 20.0. The Morgan fingerprint density at radius 2 is 0.841 bits per heavy atom. The number of amides is 1. The third-order valence-corrected chi connectivity index (χ3v) is 14.4. The third-order valence-electron chi connectivity index (χ3n) is 14.4. The quantitative estimate of drug-likeness (QED) is 0.0232. The van der Waals surface area contributed by atoms with Gasteiger partial charge in [-0.05, 0) is 44.9 Å². The van der Waals surface area contributed by atoms with E-state index in [0.29, 0.717) is 6.42 Å². The summed E-state index contributed by atoms with van der Waals surface area (Å²) in [7, 11) is 0. The minimum Gasteiger partial charge on any atom is -0.394 e. The zero-order valence-electron chi connectivity index (χ0n) is 44.9. The molecular formula is C59H113NO9. The molecule has 69 heavy (non-hydrogen) atoms. The van der Waals surface area contributed by atoms with E-state index in [1.54, 1.807) is 6.08 Å². The molecule has 1 saturated heterocycles. The van der Waals surface area contributed by atoms with Crippen LogP contribution in [-0.2, 0) is 14.3 Å². The number of hydrogen-bond donors (Lipinski definition) is 7. The van der Waals surface area contributed by atoms with Crippen molar-refractivity contribution in [2.24, 2.45) is 0 Å². The molecule has 1 aliphatic heterocycles. The molecule has 10 nitrogen and oxygen atoms in total. The number of nitrogens with one attached hydrogen (secondary N) is 1. The number of carbonyl (C=O) groups is 1. The summed E-state index contributed by atoms with van der Waals surface area (Å²) < 4.78 is 11.2. The summed E-state index contributed by atoms with van der Waals surface area (Å²) in [4.78, 5) is 13.1. The first kappa shape index (κ1) is 65.6. The Bertz CT molecular complexity index is 1150. The minimum absolute atomic E-state index is 0.303. The Labute approximate surface area is 424 Å². The summed E-state index contributed by atoms with van der Waals surface area (Å²) in [6.45, 7) is 3.65. The van der Waals surface area contributed by atoms with Gasteiger partial charge >= 0.3 is 0 Å². The van der Waals surface area contributed by atoms with Crippen LogP contribution in [0, 0.1) is 0 Å². The van der Waals surface area contributed by atoms with Gasteiger partial charge in [0.25, 0.3) is 0 Å². The van der Waals surface area contributed by atoms with Crippen LogP contribution in [0.4, 0.5) is 0 Å². The minimum atomic E-state index is -1.61. The van der Waals surface area contributed by atoms with Gasteiger partial charge in [-0.25, -0.2) is 0 Å². The van der Waals surface area contributed by atoms with Crippen molar-refractivity contribution in [3.8, 4) is 0 Å². The van der Waals surface area contributed by atoms with Gasteiger partial charge in [0.1, 0.15) is 30.5 Å². The Morgan fingerprint density at radius 3 is 1.22 bits per heavy atom. The fourth-order valence-corrected chi connectivity index (χ4v) is 9.57. The molecule has 408 valence electrons. The second-order valence-electron chi connectivity index (χ2n) is 20.9. The van der Waals surface area contributed by atoms with Gasteiger partial charge in [-0.2, -0.15) is 0 Å². The van der Waals surface area contributed by atoms with E-state index in [2.05, 4.69) is 31.3 Å². The highest BCUT2D eigenvalue weighted by molar-refractivity contribution is 5.80. The maximum atomic E-state index is 13.1. The number of hydrogen-bond acceptors (Lipinski definition) is 9. The van der Waals surface area contributed by atoms with Gasteiger partial charge in [-0.1, -0.05) is 263 Å². The molecule has 0 spiro atoms. The van der Waals surface area contributed by atoms with Crippen molar-refractivity contribution in [3.05, 3.63) is 24.3 Å². The molecule has 1 aliphatic rings. The Kier molecular flexibility index (Phi) is 46.5. The van der Waals surface area contributed by atoms with E-state index in [-0.39, 0.29) is 6.61 Å². The van der Waals surface area contributed by atoms with Crippen LogP contribution in [0.3, 0.4) is 0 Å². The molecule has 1 amide bonds. The molecule has 10 heteroatoms. The molecule has 7 N–H and O–H groups in total. The predicted octanol–water partition coefficient (Wildman–Crippen LogP) is 13.5. The van der Waals surface area contributed by atoms with Crippen molar-refractivity contribution >= 4 is 5.91 Å². The van der Waals surface area contributed by atoms with Crippen LogP contribution in [0.15, 0.2) is 24.3 Å². The first-order valence-electron chi connectivity index (χ1n) is 29.7. The maximum absolute atomic E-state index is 13.1. The first-order valence-corrected chi connectivity index (χ1v) is 29.7. The number of allylic oxidation sites excluding steroid dienone is 3. The molecule has 1 heterocycles. The van der Waals surface area contributed by atoms with Crippen molar-refractivity contribution in [1.29, 1.82) is 0 Å². The summed E-state index contributed by atoms with van der Waals surface area (Å²) >= 11 is 0. The van der Waals surface area contributed by atoms with Crippen molar-refractivity contribution in [2.45, 2.75) is 332 Å². The Hall–Kier alpha value is -1.37. The fraction of sp³-hybridized carbons (Fsp3) is 0.915. The number of aliphatic hydroxyl groups excluding tert-OH is 6. The monoisotopic (exact) mass is 980 g/mol. The standard InChI is InChI=1S/C59H113NO9/c1-3-5-7-9-11-13-15-17-19-21-22-23-24-25-26-27-28-29-30-32-34-36-38-40-42-44-46-48-53(63)58(67)60-51(50-68-59-57(66)56(65)55(64)54(49-61)69-59)52(62)47-45-43-41-39-37-35-33-31-20-18-16-14-12-10-8-6-4-2/h25-26,45,47,51-57,59,61-66H,3-24,27-44,46,48-50H2,1-2H3,(H,60,67)/b26-25-,47-45+. The molecule has 0 aromatic rings. The van der Waals surface area contributed by atoms with Gasteiger partial charge in [0.15, 0.2) is 6.29 Å². The van der Waals surface area contributed by atoms with Crippen LogP contribution in [0.2, 0.25) is 0 Å². The zero-order chi connectivity index (χ0) is 50.3. The van der Waals surface area contributed by atoms with E-state index in [9.17, 15) is 35.4 Å². The molecule has 8 atom stereocenters. The second kappa shape index (κ2) is 48.9. The van der Waals surface area contributed by atoms with Gasteiger partial charge in [0.2, 0.25) is 5.91 Å². The van der Waals surface area contributed by atoms with Gasteiger partial charge in [0.05, 0.1) is 25.4 Å². The molecule has 1 fully saturated rings. The van der Waals surface area contributed by atoms with Crippen molar-refractivity contribution in [2.75, 3.05) is 13.2 Å². The number of unbranched alkanes of at least 4 members (excludes halogenated alkanes) is 38. The summed E-state index contributed by atoms with van der Waals surface area (Å²) in [5, 5.41) is 65.1. The van der Waals surface area contributed by atoms with Crippen LogP contribution < -0.4 is 5.32 Å². The molecule has 8 unspecified atom stereocenters. The van der Waals surface area contributed by atoms with Crippen LogP contribution in [0.25, 0.3) is 0 Å². The lowest BCUT2D eigenvalue weighted by Gasteiger charge is -2.40. The van der Waals surface area contributed by atoms with Crippen LogP contribution >= 0.6 is 0 Å². The summed E-state index contributed by atoms with van der Waals surface area (Å²) in [5.41, 5.74) is 0. The van der Waals surface area contributed by atoms with E-state index in [1.807, 2.05) is 6.08 Å². The highest BCUT2D eigenvalue weighted by Crippen LogP contribution is 2.23. The number of aliphatic hydroxyl groups is 6. The SMILES string of the molecule is CCCCCCCCCCCCCC/C=C\CCCCCCCCCCCCCC(O)C(=O)NC(COC1OC(CO)C(O)C(O)C1O)C(O)/C=C/CCCCCCCCCCCCCCCCC. The smallest absolute Gasteiger partial charge is 0.249 e. The number of ether oxygens (including phenoxy) is 2. The van der Waals surface area contributed by atoms with Crippen molar-refractivity contribution in [3.63, 3.8) is 0 Å². The molecule has 0 aliphatic carbocycles. The maximum Gasteiger partial charge on any atom is 0.249 e. The van der Waals surface area contributed by atoms with Crippen LogP contribution in [-0.4, -0.2) is 98.7 Å². The van der Waals surface area contributed by atoms with Crippen molar-refractivity contribution in [1.82, 2.24) is 5.32 Å². The van der Waals surface area contributed by atoms with E-state index < -0.39 is 61.5 Å². The first-order chi connectivity index (χ1) is 33.8. The molecule has 1 rings (SSSR count). The third kappa shape index (κ3) is 38.0. The summed E-state index contributed by atoms with van der Waals surface area (Å²) in [6, 6.07) is -0.979. The summed E-state index contributed by atoms with van der Waals surface area (Å²) in [6.07, 6.45) is 51.4. The predicted molar refractivity (Wildman–Crippen MR) is 287 cm³/mol. The highest BCUT2D eigenvalue weighted by atomic mass is 16.7. The van der Waals surface area contributed by atoms with Crippen LogP contribution in [0.5, 0.6) is 0 Å². The van der Waals surface area contributed by atoms with Gasteiger partial charge in [-0.3, -0.25) is 4.79 Å². The molecule has 0 bridgehead atoms. The molecule has 0 aromatic heterocycles. The van der Waals surface area contributed by atoms with Crippen molar-refractivity contribution < 1.29 is 44.9 Å². The Balaban J connectivity index is 2.23. The largest absolute Gasteiger partial charge is 0.394 e. The lowest BCUT2D eigenvalue weighted by atomic mass is 9.99. The Morgan fingerprint density at radius 1 is 0.493 bits per heavy atom. The number of rotatable bonds is 51. The van der Waals surface area contributed by atoms with E-state index >= 15 is 0 Å². The van der Waals surface area contributed by atoms with E-state index in [1.165, 1.54) is 218 Å². The zero-order valence-corrected chi connectivity index (χ0v) is 44.9. The second-order valence-corrected chi connectivity index (χ2v) is 20.9.